The molecule has 8 heteroatoms. The van der Waals surface area contributed by atoms with E-state index in [0.29, 0.717) is 37.1 Å². The molecule has 4 rings (SSSR count). The van der Waals surface area contributed by atoms with Gasteiger partial charge in [-0.15, -0.1) is 0 Å². The van der Waals surface area contributed by atoms with Gasteiger partial charge in [0.1, 0.15) is 6.04 Å². The van der Waals surface area contributed by atoms with Crippen molar-refractivity contribution in [2.75, 3.05) is 18.0 Å². The number of rotatable bonds is 3. The lowest BCUT2D eigenvalue weighted by Gasteiger charge is -2.34. The number of nitrogens with two attached hydrogens (primary N) is 1. The van der Waals surface area contributed by atoms with Crippen LogP contribution >= 0.6 is 0 Å². The van der Waals surface area contributed by atoms with Crippen LogP contribution in [-0.4, -0.2) is 45.5 Å². The number of benzene rings is 1. The molecule has 1 aromatic heterocycles. The summed E-state index contributed by atoms with van der Waals surface area (Å²) in [6.07, 6.45) is 3.62. The Morgan fingerprint density at radius 3 is 2.52 bits per heavy atom. The molecule has 2 aromatic rings. The molecule has 1 saturated heterocycles. The van der Waals surface area contributed by atoms with E-state index in [-0.39, 0.29) is 11.8 Å². The van der Waals surface area contributed by atoms with Crippen LogP contribution < -0.4 is 10.6 Å². The molecule has 0 aliphatic carbocycles. The fraction of sp³-hybridized carbons (Fsp3) is 0.368. The number of fused-ring (bicyclic) bond motifs is 1. The molecule has 0 saturated carbocycles. The summed E-state index contributed by atoms with van der Waals surface area (Å²) >= 11 is 0. The molecule has 1 atom stereocenters. The molecule has 140 valence electrons. The second-order valence-electron chi connectivity index (χ2n) is 6.92. The smallest absolute Gasteiger partial charge is 0.254 e. The summed E-state index contributed by atoms with van der Waals surface area (Å²) in [5, 5.41) is 4.19. The first-order valence-corrected chi connectivity index (χ1v) is 8.99. The average Bonchev–Trinajstić information content (AvgIpc) is 3.26. The van der Waals surface area contributed by atoms with Crippen molar-refractivity contribution in [2.45, 2.75) is 25.3 Å². The lowest BCUT2D eigenvalue weighted by atomic mass is 9.97. The largest absolute Gasteiger partial charge is 0.368 e. The van der Waals surface area contributed by atoms with E-state index in [2.05, 4.69) is 5.10 Å². The normalized spacial score (nSPS) is 19.3. The molecule has 2 N–H and O–H groups in total. The van der Waals surface area contributed by atoms with Gasteiger partial charge >= 0.3 is 0 Å². The molecule has 1 fully saturated rings. The summed E-state index contributed by atoms with van der Waals surface area (Å²) in [6.45, 7) is 1.09. The van der Waals surface area contributed by atoms with Crippen LogP contribution in [0.25, 0.3) is 0 Å². The molecule has 0 radical (unpaired) electrons. The molecule has 0 spiro atoms. The fourth-order valence-electron chi connectivity index (χ4n) is 3.93. The zero-order chi connectivity index (χ0) is 19.1. The van der Waals surface area contributed by atoms with Gasteiger partial charge in [-0.1, -0.05) is 0 Å². The number of hydrogen-bond acceptors (Lipinski definition) is 4. The predicted molar refractivity (Wildman–Crippen MR) is 97.9 cm³/mol. The van der Waals surface area contributed by atoms with Gasteiger partial charge < -0.3 is 15.5 Å². The van der Waals surface area contributed by atoms with Crippen LogP contribution in [0.3, 0.4) is 0 Å². The number of anilines is 1. The highest BCUT2D eigenvalue weighted by Gasteiger charge is 2.37. The molecule has 0 bridgehead atoms. The van der Waals surface area contributed by atoms with E-state index < -0.39 is 11.9 Å². The van der Waals surface area contributed by atoms with E-state index in [1.807, 2.05) is 7.05 Å². The standard InChI is InChI=1S/C19H21N5O3/c1-22-15-8-10-24(17(18(20)26)14(15)11-21-22)19(27)12-4-6-13(7-5-12)23-9-2-3-16(23)25/h4-7,11,17H,2-3,8-10H2,1H3,(H2,20,26). The minimum atomic E-state index is -0.824. The Morgan fingerprint density at radius 1 is 1.15 bits per heavy atom. The zero-order valence-corrected chi connectivity index (χ0v) is 15.1. The van der Waals surface area contributed by atoms with Gasteiger partial charge in [-0.25, -0.2) is 0 Å². The summed E-state index contributed by atoms with van der Waals surface area (Å²) in [5.41, 5.74) is 8.46. The van der Waals surface area contributed by atoms with Gasteiger partial charge in [-0.2, -0.15) is 5.10 Å². The minimum absolute atomic E-state index is 0.100. The number of amides is 3. The summed E-state index contributed by atoms with van der Waals surface area (Å²) in [4.78, 5) is 40.2. The first-order valence-electron chi connectivity index (χ1n) is 8.99. The van der Waals surface area contributed by atoms with E-state index >= 15 is 0 Å². The third-order valence-electron chi connectivity index (χ3n) is 5.32. The highest BCUT2D eigenvalue weighted by molar-refractivity contribution is 5.99. The van der Waals surface area contributed by atoms with Gasteiger partial charge in [0.25, 0.3) is 5.91 Å². The highest BCUT2D eigenvalue weighted by atomic mass is 16.2. The number of primary amides is 1. The topological polar surface area (TPSA) is 102 Å². The van der Waals surface area contributed by atoms with Crippen molar-refractivity contribution in [3.63, 3.8) is 0 Å². The first-order chi connectivity index (χ1) is 13.0. The fourth-order valence-corrected chi connectivity index (χ4v) is 3.93. The molecule has 27 heavy (non-hydrogen) atoms. The van der Waals surface area contributed by atoms with E-state index in [1.165, 1.54) is 4.90 Å². The van der Waals surface area contributed by atoms with Crippen LogP contribution in [-0.2, 0) is 23.1 Å². The molecular formula is C19H21N5O3. The van der Waals surface area contributed by atoms with Crippen LogP contribution in [0.5, 0.6) is 0 Å². The monoisotopic (exact) mass is 367 g/mol. The second-order valence-corrected chi connectivity index (χ2v) is 6.92. The molecule has 3 amide bonds. The third-order valence-corrected chi connectivity index (χ3v) is 5.32. The molecule has 8 nitrogen and oxygen atoms in total. The number of nitrogens with zero attached hydrogens (tertiary/aromatic N) is 4. The number of aromatic nitrogens is 2. The van der Waals surface area contributed by atoms with Gasteiger partial charge in [0.15, 0.2) is 0 Å². The van der Waals surface area contributed by atoms with E-state index in [9.17, 15) is 14.4 Å². The lowest BCUT2D eigenvalue weighted by molar-refractivity contribution is -0.123. The summed E-state index contributed by atoms with van der Waals surface area (Å²) < 4.78 is 1.72. The molecular weight excluding hydrogens is 346 g/mol. The minimum Gasteiger partial charge on any atom is -0.368 e. The zero-order valence-electron chi connectivity index (χ0n) is 15.1. The summed E-state index contributed by atoms with van der Waals surface area (Å²) in [6, 6.07) is 6.11. The van der Waals surface area contributed by atoms with Gasteiger partial charge in [0.2, 0.25) is 11.8 Å². The molecule has 1 aromatic carbocycles. The molecule has 3 heterocycles. The number of aryl methyl sites for hydroxylation is 1. The predicted octanol–water partition coefficient (Wildman–Crippen LogP) is 0.772. The van der Waals surface area contributed by atoms with Crippen molar-refractivity contribution >= 4 is 23.4 Å². The Bertz CT molecular complexity index is 918. The maximum atomic E-state index is 13.0. The maximum Gasteiger partial charge on any atom is 0.254 e. The van der Waals surface area contributed by atoms with Gasteiger partial charge in [-0.3, -0.25) is 19.1 Å². The Balaban J connectivity index is 1.60. The van der Waals surface area contributed by atoms with E-state index in [0.717, 1.165) is 17.8 Å². The van der Waals surface area contributed by atoms with Crippen molar-refractivity contribution in [2.24, 2.45) is 12.8 Å². The average molecular weight is 367 g/mol. The highest BCUT2D eigenvalue weighted by Crippen LogP contribution is 2.31. The van der Waals surface area contributed by atoms with Crippen LogP contribution in [0.15, 0.2) is 30.5 Å². The van der Waals surface area contributed by atoms with Crippen molar-refractivity contribution in [3.05, 3.63) is 47.3 Å². The van der Waals surface area contributed by atoms with Crippen molar-refractivity contribution < 1.29 is 14.4 Å². The molecule has 2 aliphatic heterocycles. The Hall–Kier alpha value is -3.16. The van der Waals surface area contributed by atoms with Crippen molar-refractivity contribution in [1.82, 2.24) is 14.7 Å². The second kappa shape index (κ2) is 6.53. The van der Waals surface area contributed by atoms with Crippen LogP contribution in [0.1, 0.15) is 40.5 Å². The SMILES string of the molecule is Cn1ncc2c1CCN(C(=O)c1ccc(N3CCCC3=O)cc1)C2C(N)=O. The molecule has 1 unspecified atom stereocenters. The van der Waals surface area contributed by atoms with Crippen LogP contribution in [0.2, 0.25) is 0 Å². The number of carbonyl (C=O) groups is 3. The van der Waals surface area contributed by atoms with Gasteiger partial charge in [-0.05, 0) is 30.7 Å². The van der Waals surface area contributed by atoms with Crippen LogP contribution in [0, 0.1) is 0 Å². The number of carbonyl (C=O) groups excluding carboxylic acids is 3. The van der Waals surface area contributed by atoms with Crippen molar-refractivity contribution in [1.29, 1.82) is 0 Å². The van der Waals surface area contributed by atoms with Crippen LogP contribution in [0.4, 0.5) is 5.69 Å². The molecule has 2 aliphatic rings. The van der Waals surface area contributed by atoms with Gasteiger partial charge in [0, 0.05) is 55.5 Å². The third kappa shape index (κ3) is 2.87. The Kier molecular flexibility index (Phi) is 4.18. The summed E-state index contributed by atoms with van der Waals surface area (Å²) in [5.74, 6) is -0.729. The summed E-state index contributed by atoms with van der Waals surface area (Å²) in [7, 11) is 1.81. The van der Waals surface area contributed by atoms with Gasteiger partial charge in [0.05, 0.1) is 6.20 Å². The van der Waals surface area contributed by atoms with Crippen molar-refractivity contribution in [3.8, 4) is 0 Å². The quantitative estimate of drug-likeness (QED) is 0.866. The maximum absolute atomic E-state index is 13.0. The lowest BCUT2D eigenvalue weighted by Crippen LogP contribution is -2.45. The first kappa shape index (κ1) is 17.3. The van der Waals surface area contributed by atoms with E-state index in [1.54, 1.807) is 40.0 Å². The Morgan fingerprint density at radius 2 is 1.89 bits per heavy atom. The number of hydrogen-bond donors (Lipinski definition) is 1. The van der Waals surface area contributed by atoms with E-state index in [4.69, 9.17) is 5.73 Å². The Labute approximate surface area is 156 Å².